The Morgan fingerprint density at radius 1 is 1.41 bits per heavy atom. The van der Waals surface area contributed by atoms with E-state index in [1.807, 2.05) is 14.0 Å². The van der Waals surface area contributed by atoms with Crippen molar-refractivity contribution < 1.29 is 0 Å². The SMILES string of the molecule is Cc1nn(C)c(N)c1CN(C)C(C)C(C)(C)C. The van der Waals surface area contributed by atoms with Crippen LogP contribution in [0.2, 0.25) is 0 Å². The van der Waals surface area contributed by atoms with Gasteiger partial charge in [-0.1, -0.05) is 20.8 Å². The fourth-order valence-corrected chi connectivity index (χ4v) is 1.96. The Balaban J connectivity index is 2.85. The quantitative estimate of drug-likeness (QED) is 0.878. The highest BCUT2D eigenvalue weighted by Gasteiger charge is 2.25. The summed E-state index contributed by atoms with van der Waals surface area (Å²) in [5.41, 5.74) is 8.47. The van der Waals surface area contributed by atoms with Gasteiger partial charge < -0.3 is 5.73 Å². The molecule has 0 aliphatic heterocycles. The highest BCUT2D eigenvalue weighted by Crippen LogP contribution is 2.26. The maximum atomic E-state index is 6.03. The number of nitrogens with zero attached hydrogens (tertiary/aromatic N) is 3. The molecule has 1 rings (SSSR count). The summed E-state index contributed by atoms with van der Waals surface area (Å²) in [4.78, 5) is 2.33. The monoisotopic (exact) mass is 238 g/mol. The van der Waals surface area contributed by atoms with Crippen molar-refractivity contribution in [2.45, 2.75) is 47.2 Å². The topological polar surface area (TPSA) is 47.1 Å². The minimum absolute atomic E-state index is 0.264. The van der Waals surface area contributed by atoms with E-state index in [1.54, 1.807) is 4.68 Å². The number of hydrogen-bond donors (Lipinski definition) is 1. The molecule has 1 atom stereocenters. The molecule has 1 heterocycles. The average Bonchev–Trinajstić information content (AvgIpc) is 2.42. The number of nitrogens with two attached hydrogens (primary N) is 1. The Bertz CT molecular complexity index is 387. The maximum absolute atomic E-state index is 6.03. The molecule has 2 N–H and O–H groups in total. The summed E-state index contributed by atoms with van der Waals surface area (Å²) in [5, 5.41) is 4.35. The Morgan fingerprint density at radius 3 is 2.29 bits per heavy atom. The zero-order chi connectivity index (χ0) is 13.4. The molecule has 98 valence electrons. The number of anilines is 1. The predicted molar refractivity (Wildman–Crippen MR) is 72.7 cm³/mol. The van der Waals surface area contributed by atoms with Gasteiger partial charge in [0.2, 0.25) is 0 Å². The van der Waals surface area contributed by atoms with Crippen molar-refractivity contribution in [1.82, 2.24) is 14.7 Å². The van der Waals surface area contributed by atoms with Crippen LogP contribution < -0.4 is 5.73 Å². The fourth-order valence-electron chi connectivity index (χ4n) is 1.96. The van der Waals surface area contributed by atoms with Gasteiger partial charge in [0.1, 0.15) is 5.82 Å². The second-order valence-corrected chi connectivity index (χ2v) is 6.03. The Morgan fingerprint density at radius 2 is 1.94 bits per heavy atom. The molecule has 1 aromatic rings. The summed E-state index contributed by atoms with van der Waals surface area (Å²) in [7, 11) is 4.03. The van der Waals surface area contributed by atoms with E-state index in [0.717, 1.165) is 23.6 Å². The summed E-state index contributed by atoms with van der Waals surface area (Å²) < 4.78 is 1.75. The van der Waals surface area contributed by atoms with Crippen LogP contribution >= 0.6 is 0 Å². The van der Waals surface area contributed by atoms with Gasteiger partial charge in [0, 0.05) is 25.2 Å². The normalized spacial score (nSPS) is 14.4. The minimum atomic E-state index is 0.264. The van der Waals surface area contributed by atoms with Crippen LogP contribution in [0.1, 0.15) is 39.0 Å². The Hall–Kier alpha value is -1.03. The van der Waals surface area contributed by atoms with Crippen molar-refractivity contribution in [2.75, 3.05) is 12.8 Å². The highest BCUT2D eigenvalue weighted by atomic mass is 15.3. The van der Waals surface area contributed by atoms with Gasteiger partial charge in [-0.3, -0.25) is 9.58 Å². The van der Waals surface area contributed by atoms with Gasteiger partial charge in [-0.25, -0.2) is 0 Å². The third-order valence-electron chi connectivity index (χ3n) is 3.72. The first kappa shape index (κ1) is 14.0. The molecule has 0 aromatic carbocycles. The van der Waals surface area contributed by atoms with E-state index in [1.165, 1.54) is 0 Å². The molecular weight excluding hydrogens is 212 g/mol. The van der Waals surface area contributed by atoms with Gasteiger partial charge in [-0.05, 0) is 26.3 Å². The summed E-state index contributed by atoms with van der Waals surface area (Å²) in [6.07, 6.45) is 0. The van der Waals surface area contributed by atoms with E-state index in [0.29, 0.717) is 6.04 Å². The Kier molecular flexibility index (Phi) is 3.87. The lowest BCUT2D eigenvalue weighted by molar-refractivity contribution is 0.134. The maximum Gasteiger partial charge on any atom is 0.126 e. The van der Waals surface area contributed by atoms with Crippen LogP contribution in [-0.4, -0.2) is 27.8 Å². The van der Waals surface area contributed by atoms with E-state index in [2.05, 4.69) is 44.7 Å². The minimum Gasteiger partial charge on any atom is -0.384 e. The first-order valence-electron chi connectivity index (χ1n) is 6.12. The number of hydrogen-bond acceptors (Lipinski definition) is 3. The summed E-state index contributed by atoms with van der Waals surface area (Å²) in [5.74, 6) is 0.774. The molecule has 4 nitrogen and oxygen atoms in total. The zero-order valence-corrected chi connectivity index (χ0v) is 12.2. The van der Waals surface area contributed by atoms with Gasteiger partial charge in [0.25, 0.3) is 0 Å². The molecular formula is C13H26N4. The lowest BCUT2D eigenvalue weighted by Crippen LogP contribution is -2.39. The van der Waals surface area contributed by atoms with E-state index in [-0.39, 0.29) is 5.41 Å². The van der Waals surface area contributed by atoms with Crippen LogP contribution in [0.5, 0.6) is 0 Å². The van der Waals surface area contributed by atoms with Crippen LogP contribution in [0, 0.1) is 12.3 Å². The third kappa shape index (κ3) is 3.00. The first-order valence-corrected chi connectivity index (χ1v) is 6.12. The molecule has 0 aliphatic carbocycles. The van der Waals surface area contributed by atoms with Gasteiger partial charge >= 0.3 is 0 Å². The van der Waals surface area contributed by atoms with Gasteiger partial charge in [0.05, 0.1) is 5.69 Å². The van der Waals surface area contributed by atoms with E-state index >= 15 is 0 Å². The second-order valence-electron chi connectivity index (χ2n) is 6.03. The number of nitrogen functional groups attached to an aromatic ring is 1. The van der Waals surface area contributed by atoms with Crippen LogP contribution in [0.4, 0.5) is 5.82 Å². The zero-order valence-electron chi connectivity index (χ0n) is 12.2. The van der Waals surface area contributed by atoms with Crippen molar-refractivity contribution in [3.63, 3.8) is 0 Å². The first-order chi connectivity index (χ1) is 7.64. The third-order valence-corrected chi connectivity index (χ3v) is 3.72. The summed E-state index contributed by atoms with van der Waals surface area (Å²) >= 11 is 0. The highest BCUT2D eigenvalue weighted by molar-refractivity contribution is 5.42. The number of aromatic nitrogens is 2. The van der Waals surface area contributed by atoms with Crippen molar-refractivity contribution in [3.8, 4) is 0 Å². The predicted octanol–water partition coefficient (Wildman–Crippen LogP) is 2.18. The molecule has 0 amide bonds. The van der Waals surface area contributed by atoms with Crippen molar-refractivity contribution >= 4 is 5.82 Å². The largest absolute Gasteiger partial charge is 0.384 e. The Labute approximate surface area is 105 Å². The molecule has 0 radical (unpaired) electrons. The fraction of sp³-hybridized carbons (Fsp3) is 0.769. The molecule has 1 aromatic heterocycles. The number of rotatable bonds is 3. The van der Waals surface area contributed by atoms with Gasteiger partial charge in [-0.2, -0.15) is 5.10 Å². The number of aryl methyl sites for hydroxylation is 2. The van der Waals surface area contributed by atoms with Crippen LogP contribution in [0.3, 0.4) is 0 Å². The molecule has 0 aliphatic rings. The molecule has 0 bridgehead atoms. The smallest absolute Gasteiger partial charge is 0.126 e. The molecule has 0 saturated heterocycles. The standard InChI is InChI=1S/C13H26N4/c1-9-11(12(14)17(7)15-9)8-16(6)10(2)13(3,4)5/h10H,8,14H2,1-7H3. The molecule has 0 spiro atoms. The van der Waals surface area contributed by atoms with Crippen molar-refractivity contribution in [3.05, 3.63) is 11.3 Å². The van der Waals surface area contributed by atoms with E-state index < -0.39 is 0 Å². The summed E-state index contributed by atoms with van der Waals surface area (Å²) in [6, 6.07) is 0.488. The average molecular weight is 238 g/mol. The van der Waals surface area contributed by atoms with Gasteiger partial charge in [-0.15, -0.1) is 0 Å². The van der Waals surface area contributed by atoms with E-state index in [9.17, 15) is 0 Å². The molecule has 4 heteroatoms. The van der Waals surface area contributed by atoms with Crippen molar-refractivity contribution in [2.24, 2.45) is 12.5 Å². The second kappa shape index (κ2) is 4.69. The molecule has 17 heavy (non-hydrogen) atoms. The molecule has 0 saturated carbocycles. The van der Waals surface area contributed by atoms with Crippen LogP contribution in [-0.2, 0) is 13.6 Å². The van der Waals surface area contributed by atoms with Crippen LogP contribution in [0.25, 0.3) is 0 Å². The lowest BCUT2D eigenvalue weighted by atomic mass is 9.87. The lowest BCUT2D eigenvalue weighted by Gasteiger charge is -2.35. The molecule has 0 fully saturated rings. The summed E-state index contributed by atoms with van der Waals surface area (Å²) in [6.45, 7) is 11.9. The van der Waals surface area contributed by atoms with Crippen molar-refractivity contribution in [1.29, 1.82) is 0 Å². The van der Waals surface area contributed by atoms with Crippen LogP contribution in [0.15, 0.2) is 0 Å². The van der Waals surface area contributed by atoms with Gasteiger partial charge in [0.15, 0.2) is 0 Å². The molecule has 1 unspecified atom stereocenters. The van der Waals surface area contributed by atoms with E-state index in [4.69, 9.17) is 5.73 Å².